The molecule has 1 fully saturated rings. The van der Waals surface area contributed by atoms with Crippen LogP contribution < -0.4 is 0 Å². The van der Waals surface area contributed by atoms with Crippen LogP contribution >= 0.6 is 0 Å². The van der Waals surface area contributed by atoms with Crippen LogP contribution in [-0.4, -0.2) is 42.9 Å². The van der Waals surface area contributed by atoms with Gasteiger partial charge in [-0.1, -0.05) is 25.1 Å². The third-order valence-electron chi connectivity index (χ3n) is 3.87. The molecular formula is C15H22FNO2. The smallest absolute Gasteiger partial charge is 0.129 e. The normalized spacial score (nSPS) is 22.7. The molecule has 0 saturated carbocycles. The van der Waals surface area contributed by atoms with E-state index in [9.17, 15) is 9.50 Å². The van der Waals surface area contributed by atoms with Crippen molar-refractivity contribution in [2.24, 2.45) is 5.92 Å². The van der Waals surface area contributed by atoms with Crippen molar-refractivity contribution in [1.82, 2.24) is 4.90 Å². The minimum Gasteiger partial charge on any atom is -0.388 e. The van der Waals surface area contributed by atoms with Crippen molar-refractivity contribution in [1.29, 1.82) is 0 Å². The summed E-state index contributed by atoms with van der Waals surface area (Å²) in [5.74, 6) is -0.365. The van der Waals surface area contributed by atoms with E-state index in [0.717, 1.165) is 26.2 Å². The summed E-state index contributed by atoms with van der Waals surface area (Å²) in [5.41, 5.74) is 0.381. The molecule has 3 nitrogen and oxygen atoms in total. The summed E-state index contributed by atoms with van der Waals surface area (Å²) in [6.45, 7) is 4.23. The van der Waals surface area contributed by atoms with Crippen LogP contribution in [0.4, 0.5) is 4.39 Å². The molecule has 1 aliphatic heterocycles. The molecule has 1 heterocycles. The van der Waals surface area contributed by atoms with Crippen LogP contribution in [0.25, 0.3) is 0 Å². The minimum absolute atomic E-state index is 0.0255. The van der Waals surface area contributed by atoms with Crippen molar-refractivity contribution >= 4 is 0 Å². The van der Waals surface area contributed by atoms with Crippen LogP contribution in [0, 0.1) is 11.7 Å². The van der Waals surface area contributed by atoms with Gasteiger partial charge in [0, 0.05) is 24.8 Å². The molecule has 0 aliphatic carbocycles. The fraction of sp³-hybridized carbons (Fsp3) is 0.600. The number of hydrogen-bond donors (Lipinski definition) is 1. The highest BCUT2D eigenvalue weighted by Crippen LogP contribution is 2.25. The van der Waals surface area contributed by atoms with Crippen LogP contribution in [0.3, 0.4) is 0 Å². The van der Waals surface area contributed by atoms with Gasteiger partial charge in [-0.05, 0) is 25.5 Å². The average Bonchev–Trinajstić information content (AvgIpc) is 2.92. The zero-order valence-electron chi connectivity index (χ0n) is 11.6. The first-order valence-corrected chi connectivity index (χ1v) is 6.80. The number of aliphatic hydroxyl groups excluding tert-OH is 1. The monoisotopic (exact) mass is 267 g/mol. The predicted molar refractivity (Wildman–Crippen MR) is 72.4 cm³/mol. The van der Waals surface area contributed by atoms with E-state index in [4.69, 9.17) is 4.74 Å². The lowest BCUT2D eigenvalue weighted by molar-refractivity contribution is 0.0767. The molecule has 1 aromatic carbocycles. The largest absolute Gasteiger partial charge is 0.388 e. The van der Waals surface area contributed by atoms with Crippen LogP contribution in [0.15, 0.2) is 24.3 Å². The van der Waals surface area contributed by atoms with Gasteiger partial charge in [-0.3, -0.25) is 0 Å². The molecule has 1 saturated heterocycles. The van der Waals surface area contributed by atoms with Gasteiger partial charge in [0.15, 0.2) is 0 Å². The molecule has 106 valence electrons. The highest BCUT2D eigenvalue weighted by atomic mass is 19.1. The third-order valence-corrected chi connectivity index (χ3v) is 3.87. The Balaban J connectivity index is 1.95. The quantitative estimate of drug-likeness (QED) is 0.888. The van der Waals surface area contributed by atoms with Crippen molar-refractivity contribution in [3.05, 3.63) is 35.6 Å². The van der Waals surface area contributed by atoms with Gasteiger partial charge in [0.05, 0.1) is 12.7 Å². The maximum Gasteiger partial charge on any atom is 0.129 e. The van der Waals surface area contributed by atoms with Gasteiger partial charge in [0.1, 0.15) is 5.82 Å². The Morgan fingerprint density at radius 3 is 2.84 bits per heavy atom. The molecule has 2 rings (SSSR count). The van der Waals surface area contributed by atoms with E-state index in [1.165, 1.54) is 6.07 Å². The van der Waals surface area contributed by atoms with Crippen LogP contribution in [0.5, 0.6) is 0 Å². The Morgan fingerprint density at radius 1 is 1.47 bits per heavy atom. The molecule has 0 aromatic heterocycles. The van der Waals surface area contributed by atoms with Gasteiger partial charge in [-0.2, -0.15) is 0 Å². The predicted octanol–water partition coefficient (Wildman–Crippen LogP) is 2.22. The first kappa shape index (κ1) is 14.4. The Morgan fingerprint density at radius 2 is 2.21 bits per heavy atom. The SMILES string of the molecule is CC(CN(C)C1CCOC1)C(O)c1ccccc1F. The molecule has 0 bridgehead atoms. The minimum atomic E-state index is -0.772. The Kier molecular flexibility index (Phi) is 4.91. The van der Waals surface area contributed by atoms with Crippen molar-refractivity contribution in [3.63, 3.8) is 0 Å². The lowest BCUT2D eigenvalue weighted by Gasteiger charge is -2.28. The van der Waals surface area contributed by atoms with Gasteiger partial charge in [-0.15, -0.1) is 0 Å². The second-order valence-electron chi connectivity index (χ2n) is 5.40. The van der Waals surface area contributed by atoms with E-state index >= 15 is 0 Å². The molecule has 1 aliphatic rings. The molecule has 0 spiro atoms. The maximum absolute atomic E-state index is 13.6. The lowest BCUT2D eigenvalue weighted by atomic mass is 9.96. The van der Waals surface area contributed by atoms with Crippen molar-refractivity contribution in [2.75, 3.05) is 26.8 Å². The molecule has 3 unspecified atom stereocenters. The number of ether oxygens (including phenoxy) is 1. The average molecular weight is 267 g/mol. The zero-order chi connectivity index (χ0) is 13.8. The van der Waals surface area contributed by atoms with Crippen LogP contribution in [-0.2, 0) is 4.74 Å². The Hall–Kier alpha value is -0.970. The van der Waals surface area contributed by atoms with E-state index in [0.29, 0.717) is 11.6 Å². The number of halogens is 1. The van der Waals surface area contributed by atoms with Crippen molar-refractivity contribution < 1.29 is 14.2 Å². The number of likely N-dealkylation sites (N-methyl/N-ethyl adjacent to an activating group) is 1. The van der Waals surface area contributed by atoms with E-state index < -0.39 is 6.10 Å². The zero-order valence-corrected chi connectivity index (χ0v) is 11.6. The molecule has 1 N–H and O–H groups in total. The summed E-state index contributed by atoms with van der Waals surface area (Å²) in [5, 5.41) is 10.3. The number of benzene rings is 1. The number of aliphatic hydroxyl groups is 1. The summed E-state index contributed by atoms with van der Waals surface area (Å²) in [4.78, 5) is 2.20. The molecule has 4 heteroatoms. The molecule has 0 radical (unpaired) electrons. The second kappa shape index (κ2) is 6.46. The van der Waals surface area contributed by atoms with Gasteiger partial charge >= 0.3 is 0 Å². The van der Waals surface area contributed by atoms with Gasteiger partial charge in [0.25, 0.3) is 0 Å². The highest BCUT2D eigenvalue weighted by Gasteiger charge is 2.25. The Labute approximate surface area is 114 Å². The molecule has 0 amide bonds. The van der Waals surface area contributed by atoms with Gasteiger partial charge in [-0.25, -0.2) is 4.39 Å². The molecule has 1 aromatic rings. The number of nitrogens with zero attached hydrogens (tertiary/aromatic N) is 1. The summed E-state index contributed by atoms with van der Waals surface area (Å²) >= 11 is 0. The molecule has 3 atom stereocenters. The first-order chi connectivity index (χ1) is 9.09. The fourth-order valence-corrected chi connectivity index (χ4v) is 2.59. The number of hydrogen-bond acceptors (Lipinski definition) is 3. The summed E-state index contributed by atoms with van der Waals surface area (Å²) in [7, 11) is 2.03. The van der Waals surface area contributed by atoms with E-state index in [1.807, 2.05) is 14.0 Å². The van der Waals surface area contributed by atoms with Gasteiger partial charge < -0.3 is 14.7 Å². The van der Waals surface area contributed by atoms with E-state index in [-0.39, 0.29) is 11.7 Å². The topological polar surface area (TPSA) is 32.7 Å². The summed E-state index contributed by atoms with van der Waals surface area (Å²) < 4.78 is 19.0. The van der Waals surface area contributed by atoms with Gasteiger partial charge in [0.2, 0.25) is 0 Å². The standard InChI is InChI=1S/C15H22FNO2/c1-11(9-17(2)12-7-8-19-10-12)15(18)13-5-3-4-6-14(13)16/h3-6,11-12,15,18H,7-10H2,1-2H3. The maximum atomic E-state index is 13.6. The fourth-order valence-electron chi connectivity index (χ4n) is 2.59. The highest BCUT2D eigenvalue weighted by molar-refractivity contribution is 5.20. The van der Waals surface area contributed by atoms with Crippen molar-refractivity contribution in [3.8, 4) is 0 Å². The summed E-state index contributed by atoms with van der Waals surface area (Å²) in [6, 6.07) is 6.84. The summed E-state index contributed by atoms with van der Waals surface area (Å²) in [6.07, 6.45) is 0.255. The third kappa shape index (κ3) is 3.53. The Bertz CT molecular complexity index is 407. The molecule has 19 heavy (non-hydrogen) atoms. The number of rotatable bonds is 5. The van der Waals surface area contributed by atoms with Crippen LogP contribution in [0.2, 0.25) is 0 Å². The molecular weight excluding hydrogens is 245 g/mol. The second-order valence-corrected chi connectivity index (χ2v) is 5.40. The lowest BCUT2D eigenvalue weighted by Crippen LogP contribution is -2.36. The van der Waals surface area contributed by atoms with Crippen LogP contribution in [0.1, 0.15) is 25.0 Å². The van der Waals surface area contributed by atoms with E-state index in [2.05, 4.69) is 4.90 Å². The van der Waals surface area contributed by atoms with Crippen molar-refractivity contribution in [2.45, 2.75) is 25.5 Å². The van der Waals surface area contributed by atoms with E-state index in [1.54, 1.807) is 18.2 Å². The first-order valence-electron chi connectivity index (χ1n) is 6.80.